The smallest absolute Gasteiger partial charge is 0.155 e. The topological polar surface area (TPSA) is 160 Å². The molecule has 2 aliphatic carbocycles. The van der Waals surface area contributed by atoms with E-state index >= 15 is 0 Å². The van der Waals surface area contributed by atoms with Gasteiger partial charge in [-0.3, -0.25) is 9.79 Å². The molecule has 3 aliphatic rings. The third-order valence-corrected chi connectivity index (χ3v) is 16.4. The van der Waals surface area contributed by atoms with E-state index in [1.807, 2.05) is 24.3 Å². The maximum Gasteiger partial charge on any atom is 0.155 e. The highest BCUT2D eigenvalue weighted by Gasteiger charge is 2.36. The summed E-state index contributed by atoms with van der Waals surface area (Å²) in [5, 5.41) is 8.26. The highest BCUT2D eigenvalue weighted by atomic mass is 35.5. The van der Waals surface area contributed by atoms with E-state index < -0.39 is 29.2 Å². The maximum atomic E-state index is 12.4. The zero-order chi connectivity index (χ0) is 41.3. The predicted molar refractivity (Wildman–Crippen MR) is 235 cm³/mol. The SMILES string of the molecule is C.CC(C)(C)S(=O)(=O)CC1CCC(C(=O)CN)CC1.CC(C)(C)S(=O)(=O)CC1CCC(C2=NC(c3cccc(Cl)c3)=NC2)CC1.CCN(CC)CC.CCO. The molecule has 0 spiro atoms. The Hall–Kier alpha value is -1.70. The van der Waals surface area contributed by atoms with Crippen molar-refractivity contribution in [1.29, 1.82) is 0 Å². The van der Waals surface area contributed by atoms with Crippen molar-refractivity contribution in [2.45, 2.75) is 138 Å². The molecule has 13 heteroatoms. The number of hydrogen-bond acceptors (Lipinski definition) is 10. The number of Topliss-reactive ketones (excluding diaryl/α,β-unsaturated/α-hetero) is 1. The number of aliphatic imine (C=N–C) groups is 2. The summed E-state index contributed by atoms with van der Waals surface area (Å²) in [6, 6.07) is 7.62. The molecule has 10 nitrogen and oxygen atoms in total. The molecular formula is C42H77ClN4O6S2. The zero-order valence-corrected chi connectivity index (χ0v) is 37.4. The van der Waals surface area contributed by atoms with Crippen LogP contribution in [0.1, 0.15) is 134 Å². The fraction of sp³-hybridized carbons (Fsp3) is 0.786. The van der Waals surface area contributed by atoms with Crippen LogP contribution in [0.5, 0.6) is 0 Å². The van der Waals surface area contributed by atoms with Crippen LogP contribution in [-0.2, 0) is 24.5 Å². The number of carbonyl (C=O) groups is 1. The van der Waals surface area contributed by atoms with Crippen LogP contribution in [0.4, 0.5) is 0 Å². The van der Waals surface area contributed by atoms with Gasteiger partial charge in [-0.25, -0.2) is 21.8 Å². The van der Waals surface area contributed by atoms with E-state index in [1.54, 1.807) is 48.5 Å². The summed E-state index contributed by atoms with van der Waals surface area (Å²) in [5.74, 6) is 2.39. The van der Waals surface area contributed by atoms with Gasteiger partial charge in [-0.05, 0) is 149 Å². The first-order chi connectivity index (χ1) is 25.1. The Morgan fingerprint density at radius 2 is 1.25 bits per heavy atom. The third kappa shape index (κ3) is 18.2. The normalized spacial score (nSPS) is 21.6. The van der Waals surface area contributed by atoms with Crippen LogP contribution >= 0.6 is 11.6 Å². The fourth-order valence-corrected chi connectivity index (χ4v) is 9.74. The summed E-state index contributed by atoms with van der Waals surface area (Å²) >= 11 is 6.06. The van der Waals surface area contributed by atoms with Crippen LogP contribution < -0.4 is 5.73 Å². The van der Waals surface area contributed by atoms with E-state index in [0.717, 1.165) is 68.5 Å². The highest BCUT2D eigenvalue weighted by molar-refractivity contribution is 7.93. The molecule has 0 aromatic heterocycles. The molecule has 1 heterocycles. The highest BCUT2D eigenvalue weighted by Crippen LogP contribution is 2.34. The van der Waals surface area contributed by atoms with Gasteiger partial charge in [-0.15, -0.1) is 0 Å². The molecule has 1 aromatic rings. The van der Waals surface area contributed by atoms with Gasteiger partial charge in [0, 0.05) is 28.8 Å². The molecule has 2 saturated carbocycles. The average molecular weight is 834 g/mol. The number of nitrogens with two attached hydrogens (primary N) is 1. The van der Waals surface area contributed by atoms with Gasteiger partial charge in [-0.1, -0.05) is 51.9 Å². The van der Waals surface area contributed by atoms with Crippen LogP contribution in [0.2, 0.25) is 5.02 Å². The number of halogens is 1. The number of rotatable bonds is 11. The molecule has 4 rings (SSSR count). The molecular weight excluding hydrogens is 756 g/mol. The Labute approximate surface area is 341 Å². The number of sulfone groups is 2. The predicted octanol–water partition coefficient (Wildman–Crippen LogP) is 8.08. The number of amidine groups is 1. The standard InChI is InChI=1S/C20H27ClN2O2S.C13H25NO3S.C6H15N.C2H6O.CH4/c1-20(2,3)26(24,25)13-14-7-9-15(10-8-14)18-12-22-19(23-18)16-5-4-6-17(21)11-16;1-13(2,3)18(16,17)9-10-4-6-11(7-5-10)12(15)8-14;1-4-7(5-2)6-3;1-2-3;/h4-6,11,14-15H,7-10,12-13H2,1-3H3;10-11H,4-9,14H2,1-3H3;4-6H2,1-3H3;3H,2H2,1H3;1H4. The van der Waals surface area contributed by atoms with Crippen LogP contribution in [-0.4, -0.2) is 105 Å². The van der Waals surface area contributed by atoms with Crippen molar-refractivity contribution in [2.75, 3.05) is 50.8 Å². The molecule has 0 atom stereocenters. The van der Waals surface area contributed by atoms with Gasteiger partial charge in [0.2, 0.25) is 0 Å². The van der Waals surface area contributed by atoms with E-state index in [0.29, 0.717) is 23.2 Å². The molecule has 320 valence electrons. The lowest BCUT2D eigenvalue weighted by Crippen LogP contribution is -2.35. The van der Waals surface area contributed by atoms with E-state index in [2.05, 4.69) is 30.7 Å². The zero-order valence-electron chi connectivity index (χ0n) is 35.0. The van der Waals surface area contributed by atoms with Crippen LogP contribution in [0.3, 0.4) is 0 Å². The minimum atomic E-state index is -3.05. The average Bonchev–Trinajstić information content (AvgIpc) is 3.60. The van der Waals surface area contributed by atoms with E-state index in [4.69, 9.17) is 27.4 Å². The van der Waals surface area contributed by atoms with Crippen LogP contribution in [0, 0.1) is 23.7 Å². The fourth-order valence-electron chi connectivity index (χ4n) is 6.64. The lowest BCUT2D eigenvalue weighted by atomic mass is 9.80. The number of aliphatic hydroxyl groups excluding tert-OH is 1. The van der Waals surface area contributed by atoms with Crippen molar-refractivity contribution in [1.82, 2.24) is 4.90 Å². The van der Waals surface area contributed by atoms with E-state index in [9.17, 15) is 21.6 Å². The summed E-state index contributed by atoms with van der Waals surface area (Å²) in [4.78, 5) is 23.2. The van der Waals surface area contributed by atoms with Gasteiger partial charge >= 0.3 is 0 Å². The molecule has 55 heavy (non-hydrogen) atoms. The quantitative estimate of drug-likeness (QED) is 0.227. The lowest BCUT2D eigenvalue weighted by Gasteiger charge is -2.30. The molecule has 3 N–H and O–H groups in total. The molecule has 0 unspecified atom stereocenters. The van der Waals surface area contributed by atoms with Gasteiger partial charge in [0.15, 0.2) is 25.5 Å². The van der Waals surface area contributed by atoms with Gasteiger partial charge in [0.25, 0.3) is 0 Å². The van der Waals surface area contributed by atoms with E-state index in [1.165, 1.54) is 19.6 Å². The van der Waals surface area contributed by atoms with Crippen molar-refractivity contribution in [2.24, 2.45) is 39.4 Å². The number of nitrogens with zero attached hydrogens (tertiary/aromatic N) is 3. The number of aliphatic hydroxyl groups is 1. The Bertz CT molecular complexity index is 1540. The van der Waals surface area contributed by atoms with Crippen molar-refractivity contribution < 1.29 is 26.7 Å². The lowest BCUT2D eigenvalue weighted by molar-refractivity contribution is -0.122. The molecule has 0 bridgehead atoms. The first kappa shape index (κ1) is 53.3. The van der Waals surface area contributed by atoms with Crippen molar-refractivity contribution in [3.63, 3.8) is 0 Å². The molecule has 1 aromatic carbocycles. The molecule has 2 fully saturated rings. The van der Waals surface area contributed by atoms with E-state index in [-0.39, 0.29) is 49.9 Å². The number of benzene rings is 1. The Morgan fingerprint density at radius 1 is 0.818 bits per heavy atom. The second-order valence-electron chi connectivity index (χ2n) is 16.6. The molecule has 0 amide bonds. The first-order valence-electron chi connectivity index (χ1n) is 20.0. The molecule has 0 radical (unpaired) electrons. The summed E-state index contributed by atoms with van der Waals surface area (Å²) in [5.41, 5.74) is 7.44. The summed E-state index contributed by atoms with van der Waals surface area (Å²) < 4.78 is 47.7. The first-order valence-corrected chi connectivity index (χ1v) is 23.7. The molecule has 0 saturated heterocycles. The second kappa shape index (κ2) is 24.9. The number of ketones is 1. The molecule has 1 aliphatic heterocycles. The monoisotopic (exact) mass is 832 g/mol. The summed E-state index contributed by atoms with van der Waals surface area (Å²) in [6.45, 7) is 23.4. The number of hydrogen-bond donors (Lipinski definition) is 2. The van der Waals surface area contributed by atoms with Crippen molar-refractivity contribution >= 4 is 48.6 Å². The number of carbonyl (C=O) groups excluding carboxylic acids is 1. The summed E-state index contributed by atoms with van der Waals surface area (Å²) in [6.07, 6.45) is 7.14. The van der Waals surface area contributed by atoms with Gasteiger partial charge in [0.05, 0.1) is 34.1 Å². The van der Waals surface area contributed by atoms with Gasteiger partial charge in [0.1, 0.15) is 5.78 Å². The van der Waals surface area contributed by atoms with Gasteiger partial charge in [-0.2, -0.15) is 0 Å². The second-order valence-corrected chi connectivity index (χ2v) is 22.6. The van der Waals surface area contributed by atoms with Crippen molar-refractivity contribution in [3.8, 4) is 0 Å². The minimum Gasteiger partial charge on any atom is -0.397 e. The van der Waals surface area contributed by atoms with Gasteiger partial charge < -0.3 is 15.7 Å². The van der Waals surface area contributed by atoms with Crippen LogP contribution in [0.15, 0.2) is 34.3 Å². The Balaban J connectivity index is 0.000000872. The minimum absolute atomic E-state index is 0. The Kier molecular flexibility index (Phi) is 24.2. The third-order valence-electron chi connectivity index (χ3n) is 10.7. The Morgan fingerprint density at radius 3 is 1.62 bits per heavy atom. The van der Waals surface area contributed by atoms with Crippen LogP contribution in [0.25, 0.3) is 0 Å². The summed E-state index contributed by atoms with van der Waals surface area (Å²) in [7, 11) is -6.10. The maximum absolute atomic E-state index is 12.4. The largest absolute Gasteiger partial charge is 0.397 e. The van der Waals surface area contributed by atoms with Crippen molar-refractivity contribution in [3.05, 3.63) is 34.9 Å².